The summed E-state index contributed by atoms with van der Waals surface area (Å²) in [6, 6.07) is 0.0364. The number of rotatable bonds is 2. The molecule has 1 aliphatic carbocycles. The van der Waals surface area contributed by atoms with E-state index in [1.165, 1.54) is 4.31 Å². The number of piperidine rings is 1. The van der Waals surface area contributed by atoms with E-state index in [-0.39, 0.29) is 6.04 Å². The van der Waals surface area contributed by atoms with Gasteiger partial charge in [-0.15, -0.1) is 0 Å². The Kier molecular flexibility index (Phi) is 2.96. The van der Waals surface area contributed by atoms with Crippen molar-refractivity contribution in [1.82, 2.24) is 4.31 Å². The van der Waals surface area contributed by atoms with Crippen LogP contribution >= 0.6 is 0 Å². The SMILES string of the molecule is NC1CCN(S(=O)(=O)C2CC(F)(F)C2)CC1. The summed E-state index contributed by atoms with van der Waals surface area (Å²) in [5.41, 5.74) is 5.66. The molecule has 2 rings (SSSR count). The summed E-state index contributed by atoms with van der Waals surface area (Å²) in [5, 5.41) is -0.892. The molecule has 2 fully saturated rings. The second kappa shape index (κ2) is 3.89. The molecule has 0 radical (unpaired) electrons. The number of hydrogen-bond acceptors (Lipinski definition) is 3. The van der Waals surface area contributed by atoms with Gasteiger partial charge in [0.2, 0.25) is 10.0 Å². The van der Waals surface area contributed by atoms with Crippen molar-refractivity contribution >= 4 is 10.0 Å². The molecule has 0 unspecified atom stereocenters. The van der Waals surface area contributed by atoms with Crippen molar-refractivity contribution in [2.45, 2.75) is 42.9 Å². The van der Waals surface area contributed by atoms with Gasteiger partial charge < -0.3 is 5.73 Å². The predicted octanol–water partition coefficient (Wildman–Crippen LogP) is 0.537. The first-order chi connectivity index (χ1) is 7.31. The molecule has 0 amide bonds. The molecule has 0 aromatic rings. The molecule has 94 valence electrons. The van der Waals surface area contributed by atoms with Crippen molar-refractivity contribution < 1.29 is 17.2 Å². The van der Waals surface area contributed by atoms with Crippen LogP contribution < -0.4 is 5.73 Å². The molecule has 0 aromatic carbocycles. The standard InChI is InChI=1S/C9H16F2N2O2S/c10-9(11)5-8(6-9)16(14,15)13-3-1-7(12)2-4-13/h7-8H,1-6,12H2. The lowest BCUT2D eigenvalue weighted by Crippen LogP contribution is -2.53. The highest BCUT2D eigenvalue weighted by atomic mass is 32.2. The van der Waals surface area contributed by atoms with E-state index >= 15 is 0 Å². The van der Waals surface area contributed by atoms with Gasteiger partial charge in [0, 0.05) is 32.0 Å². The lowest BCUT2D eigenvalue weighted by molar-refractivity contribution is -0.0695. The lowest BCUT2D eigenvalue weighted by Gasteiger charge is -2.39. The van der Waals surface area contributed by atoms with Crippen LogP contribution in [-0.2, 0) is 10.0 Å². The third-order valence-electron chi connectivity index (χ3n) is 3.33. The van der Waals surface area contributed by atoms with E-state index in [1.807, 2.05) is 0 Å². The van der Waals surface area contributed by atoms with Crippen molar-refractivity contribution in [1.29, 1.82) is 0 Å². The number of halogens is 2. The van der Waals surface area contributed by atoms with Crippen LogP contribution in [0.1, 0.15) is 25.7 Å². The molecule has 2 aliphatic rings. The summed E-state index contributed by atoms with van der Waals surface area (Å²) >= 11 is 0. The monoisotopic (exact) mass is 254 g/mol. The Morgan fingerprint density at radius 3 is 2.12 bits per heavy atom. The average Bonchev–Trinajstić information content (AvgIpc) is 2.14. The van der Waals surface area contributed by atoms with Gasteiger partial charge in [-0.2, -0.15) is 0 Å². The van der Waals surface area contributed by atoms with E-state index in [0.717, 1.165) is 0 Å². The van der Waals surface area contributed by atoms with Crippen molar-refractivity contribution in [2.24, 2.45) is 5.73 Å². The van der Waals surface area contributed by atoms with Gasteiger partial charge in [0.05, 0.1) is 5.25 Å². The summed E-state index contributed by atoms with van der Waals surface area (Å²) in [4.78, 5) is 0. The first kappa shape index (κ1) is 12.2. The molecule has 4 nitrogen and oxygen atoms in total. The molecule has 1 saturated heterocycles. The zero-order valence-electron chi connectivity index (χ0n) is 8.90. The second-order valence-electron chi connectivity index (χ2n) is 4.67. The molecule has 1 aliphatic heterocycles. The van der Waals surface area contributed by atoms with E-state index in [4.69, 9.17) is 5.73 Å². The average molecular weight is 254 g/mol. The van der Waals surface area contributed by atoms with Gasteiger partial charge in [0.25, 0.3) is 5.92 Å². The summed E-state index contributed by atoms with van der Waals surface area (Å²) < 4.78 is 50.4. The minimum atomic E-state index is -3.52. The quantitative estimate of drug-likeness (QED) is 0.782. The summed E-state index contributed by atoms with van der Waals surface area (Å²) in [6.45, 7) is 0.733. The maximum absolute atomic E-state index is 12.6. The third kappa shape index (κ3) is 2.21. The first-order valence-electron chi connectivity index (χ1n) is 5.44. The fraction of sp³-hybridized carbons (Fsp3) is 1.00. The maximum atomic E-state index is 12.6. The Labute approximate surface area is 93.8 Å². The normalized spacial score (nSPS) is 28.9. The Balaban J connectivity index is 1.98. The van der Waals surface area contributed by atoms with E-state index in [0.29, 0.717) is 25.9 Å². The summed E-state index contributed by atoms with van der Waals surface area (Å²) in [6.07, 6.45) is 0.167. The number of alkyl halides is 2. The molecule has 1 saturated carbocycles. The predicted molar refractivity (Wildman–Crippen MR) is 55.7 cm³/mol. The highest BCUT2D eigenvalue weighted by molar-refractivity contribution is 7.89. The van der Waals surface area contributed by atoms with E-state index < -0.39 is 34.0 Å². The third-order valence-corrected chi connectivity index (χ3v) is 5.59. The number of nitrogens with zero attached hydrogens (tertiary/aromatic N) is 1. The molecular formula is C9H16F2N2O2S. The molecule has 0 spiro atoms. The molecule has 2 N–H and O–H groups in total. The molecule has 16 heavy (non-hydrogen) atoms. The Hall–Kier alpha value is -0.270. The fourth-order valence-corrected chi connectivity index (χ4v) is 4.21. The van der Waals surface area contributed by atoms with Crippen LogP contribution in [0, 0.1) is 0 Å². The van der Waals surface area contributed by atoms with Crippen molar-refractivity contribution in [3.8, 4) is 0 Å². The molecule has 1 heterocycles. The molecular weight excluding hydrogens is 238 g/mol. The van der Waals surface area contributed by atoms with Gasteiger partial charge >= 0.3 is 0 Å². The van der Waals surface area contributed by atoms with Crippen molar-refractivity contribution in [3.05, 3.63) is 0 Å². The topological polar surface area (TPSA) is 63.4 Å². The fourth-order valence-electron chi connectivity index (χ4n) is 2.16. The van der Waals surface area contributed by atoms with Crippen LogP contribution in [-0.4, -0.2) is 43.0 Å². The van der Waals surface area contributed by atoms with Gasteiger partial charge in [-0.05, 0) is 12.8 Å². The molecule has 0 aromatic heterocycles. The molecule has 0 atom stereocenters. The Morgan fingerprint density at radius 2 is 1.69 bits per heavy atom. The summed E-state index contributed by atoms with van der Waals surface area (Å²) in [7, 11) is -3.52. The highest BCUT2D eigenvalue weighted by Gasteiger charge is 2.53. The zero-order chi connectivity index (χ0) is 12.0. The Bertz CT molecular complexity index is 356. The molecule has 7 heteroatoms. The van der Waals surface area contributed by atoms with Crippen LogP contribution in [0.25, 0.3) is 0 Å². The molecule has 0 bridgehead atoms. The van der Waals surface area contributed by atoms with Crippen molar-refractivity contribution in [2.75, 3.05) is 13.1 Å². The van der Waals surface area contributed by atoms with Gasteiger partial charge in [0.1, 0.15) is 0 Å². The van der Waals surface area contributed by atoms with E-state index in [9.17, 15) is 17.2 Å². The van der Waals surface area contributed by atoms with Crippen LogP contribution in [0.3, 0.4) is 0 Å². The minimum Gasteiger partial charge on any atom is -0.328 e. The van der Waals surface area contributed by atoms with Gasteiger partial charge in [-0.1, -0.05) is 0 Å². The smallest absolute Gasteiger partial charge is 0.250 e. The van der Waals surface area contributed by atoms with E-state index in [2.05, 4.69) is 0 Å². The van der Waals surface area contributed by atoms with Gasteiger partial charge in [-0.25, -0.2) is 21.5 Å². The lowest BCUT2D eigenvalue weighted by atomic mass is 9.94. The number of sulfonamides is 1. The van der Waals surface area contributed by atoms with Gasteiger partial charge in [0.15, 0.2) is 0 Å². The van der Waals surface area contributed by atoms with Gasteiger partial charge in [-0.3, -0.25) is 0 Å². The van der Waals surface area contributed by atoms with Crippen LogP contribution in [0.2, 0.25) is 0 Å². The van der Waals surface area contributed by atoms with Crippen LogP contribution in [0.15, 0.2) is 0 Å². The van der Waals surface area contributed by atoms with Crippen molar-refractivity contribution in [3.63, 3.8) is 0 Å². The Morgan fingerprint density at radius 1 is 1.19 bits per heavy atom. The largest absolute Gasteiger partial charge is 0.328 e. The maximum Gasteiger partial charge on any atom is 0.250 e. The first-order valence-corrected chi connectivity index (χ1v) is 6.94. The van der Waals surface area contributed by atoms with Crippen LogP contribution in [0.5, 0.6) is 0 Å². The number of nitrogens with two attached hydrogens (primary N) is 1. The summed E-state index contributed by atoms with van der Waals surface area (Å²) in [5.74, 6) is -2.79. The second-order valence-corrected chi connectivity index (χ2v) is 6.88. The minimum absolute atomic E-state index is 0.0364. The van der Waals surface area contributed by atoms with Crippen LogP contribution in [0.4, 0.5) is 8.78 Å². The highest BCUT2D eigenvalue weighted by Crippen LogP contribution is 2.42. The zero-order valence-corrected chi connectivity index (χ0v) is 9.72. The number of hydrogen-bond donors (Lipinski definition) is 1. The van der Waals surface area contributed by atoms with E-state index in [1.54, 1.807) is 0 Å².